The van der Waals surface area contributed by atoms with E-state index in [9.17, 15) is 35.9 Å². The molecule has 1 aliphatic heterocycles. The molecule has 3 aromatic rings. The summed E-state index contributed by atoms with van der Waals surface area (Å²) in [5.74, 6) is -2.92. The molecule has 0 saturated carbocycles. The average Bonchev–Trinajstić information content (AvgIpc) is 2.82. The number of carboxylic acid groups (broad SMARTS) is 1. The van der Waals surface area contributed by atoms with E-state index in [4.69, 9.17) is 11.6 Å². The molecule has 5 nitrogen and oxygen atoms in total. The Bertz CT molecular complexity index is 1530. The number of halogens is 5. The third-order valence-electron chi connectivity index (χ3n) is 6.51. The van der Waals surface area contributed by atoms with Crippen LogP contribution in [0.4, 0.5) is 23.2 Å². The molecule has 1 N–H and O–H groups in total. The molecular weight excluding hydrogens is 546 g/mol. The number of benzene rings is 3. The van der Waals surface area contributed by atoms with Gasteiger partial charge in [0.1, 0.15) is 5.82 Å². The number of carboxylic acids is 1. The van der Waals surface area contributed by atoms with Crippen LogP contribution in [0.2, 0.25) is 5.02 Å². The lowest BCUT2D eigenvalue weighted by molar-refractivity contribution is -0.142. The highest BCUT2D eigenvalue weighted by molar-refractivity contribution is 7.92. The van der Waals surface area contributed by atoms with Crippen LogP contribution in [0.15, 0.2) is 65.6 Å². The highest BCUT2D eigenvalue weighted by Gasteiger charge is 2.42. The van der Waals surface area contributed by atoms with Crippen molar-refractivity contribution in [3.05, 3.63) is 93.8 Å². The molecule has 4 rings (SSSR count). The maximum absolute atomic E-state index is 14.4. The van der Waals surface area contributed by atoms with E-state index in [1.165, 1.54) is 31.2 Å². The summed E-state index contributed by atoms with van der Waals surface area (Å²) >= 11 is 6.16. The van der Waals surface area contributed by atoms with Crippen molar-refractivity contribution in [3.8, 4) is 0 Å². The summed E-state index contributed by atoms with van der Waals surface area (Å²) < 4.78 is 82.7. The first-order valence-electron chi connectivity index (χ1n) is 11.4. The molecule has 11 heteroatoms. The number of hydrogen-bond donors (Lipinski definition) is 1. The highest BCUT2D eigenvalue weighted by Crippen LogP contribution is 2.40. The van der Waals surface area contributed by atoms with Crippen molar-refractivity contribution in [3.63, 3.8) is 0 Å². The van der Waals surface area contributed by atoms with Gasteiger partial charge in [-0.1, -0.05) is 41.9 Å². The van der Waals surface area contributed by atoms with Crippen LogP contribution >= 0.6 is 11.6 Å². The van der Waals surface area contributed by atoms with Crippen molar-refractivity contribution in [2.45, 2.75) is 37.4 Å². The molecule has 0 fully saturated rings. The predicted molar refractivity (Wildman–Crippen MR) is 137 cm³/mol. The molecule has 0 saturated heterocycles. The largest absolute Gasteiger partial charge is 0.481 e. The lowest BCUT2D eigenvalue weighted by Crippen LogP contribution is -2.49. The lowest BCUT2D eigenvalue weighted by Gasteiger charge is -2.39. The van der Waals surface area contributed by atoms with Crippen molar-refractivity contribution in [1.29, 1.82) is 0 Å². The van der Waals surface area contributed by atoms with E-state index in [2.05, 4.69) is 0 Å². The zero-order valence-corrected chi connectivity index (χ0v) is 21.7. The average molecular weight is 568 g/mol. The van der Waals surface area contributed by atoms with Gasteiger partial charge < -0.3 is 5.11 Å². The summed E-state index contributed by atoms with van der Waals surface area (Å²) in [6, 6.07) is 11.1. The Labute approximate surface area is 222 Å². The molecule has 0 amide bonds. The molecule has 3 aromatic carbocycles. The topological polar surface area (TPSA) is 74.7 Å². The minimum Gasteiger partial charge on any atom is -0.481 e. The van der Waals surface area contributed by atoms with Crippen LogP contribution in [-0.4, -0.2) is 25.5 Å². The Hall–Kier alpha value is -3.37. The second kappa shape index (κ2) is 10.1. The Morgan fingerprint density at radius 1 is 1.11 bits per heavy atom. The quantitative estimate of drug-likeness (QED) is 0.269. The summed E-state index contributed by atoms with van der Waals surface area (Å²) in [4.78, 5) is 11.4. The zero-order valence-electron chi connectivity index (χ0n) is 20.1. The van der Waals surface area contributed by atoms with Crippen molar-refractivity contribution >= 4 is 44.9 Å². The van der Waals surface area contributed by atoms with Crippen LogP contribution in [0.5, 0.6) is 0 Å². The second-order valence-electron chi connectivity index (χ2n) is 9.03. The number of hydrogen-bond acceptors (Lipinski definition) is 3. The molecule has 2 atom stereocenters. The molecule has 1 heterocycles. The van der Waals surface area contributed by atoms with E-state index >= 15 is 0 Å². The van der Waals surface area contributed by atoms with Crippen LogP contribution in [0.3, 0.4) is 0 Å². The van der Waals surface area contributed by atoms with Gasteiger partial charge >= 0.3 is 12.1 Å². The smallest absolute Gasteiger partial charge is 0.416 e. The minimum atomic E-state index is -4.77. The van der Waals surface area contributed by atoms with Gasteiger partial charge in [0, 0.05) is 5.56 Å². The Kier molecular flexibility index (Phi) is 7.33. The van der Waals surface area contributed by atoms with Gasteiger partial charge in [0.15, 0.2) is 0 Å². The van der Waals surface area contributed by atoms with Gasteiger partial charge in [-0.25, -0.2) is 12.8 Å². The van der Waals surface area contributed by atoms with Crippen LogP contribution in [-0.2, 0) is 27.4 Å². The fraction of sp³-hybridized carbons (Fsp3) is 0.222. The first-order chi connectivity index (χ1) is 17.7. The summed E-state index contributed by atoms with van der Waals surface area (Å²) in [6.07, 6.45) is -3.17. The Morgan fingerprint density at radius 3 is 2.42 bits per heavy atom. The van der Waals surface area contributed by atoms with Gasteiger partial charge in [-0.2, -0.15) is 13.2 Å². The number of alkyl halides is 3. The van der Waals surface area contributed by atoms with E-state index in [-0.39, 0.29) is 22.7 Å². The summed E-state index contributed by atoms with van der Waals surface area (Å²) in [5.41, 5.74) is 0.462. The van der Waals surface area contributed by atoms with Crippen molar-refractivity contribution in [2.24, 2.45) is 5.92 Å². The van der Waals surface area contributed by atoms with Gasteiger partial charge in [-0.15, -0.1) is 0 Å². The number of nitrogens with zero attached hydrogens (tertiary/aromatic N) is 1. The van der Waals surface area contributed by atoms with Crippen molar-refractivity contribution in [2.75, 3.05) is 4.31 Å². The molecule has 38 heavy (non-hydrogen) atoms. The number of carbonyl (C=O) groups is 1. The van der Waals surface area contributed by atoms with Crippen molar-refractivity contribution < 1.29 is 35.9 Å². The third kappa shape index (κ3) is 5.15. The summed E-state index contributed by atoms with van der Waals surface area (Å²) in [6.45, 7) is 3.03. The maximum atomic E-state index is 14.4. The fourth-order valence-corrected chi connectivity index (χ4v) is 6.70. The van der Waals surface area contributed by atoms with Gasteiger partial charge in [0.2, 0.25) is 0 Å². The number of rotatable bonds is 5. The van der Waals surface area contributed by atoms with Gasteiger partial charge in [-0.3, -0.25) is 9.10 Å². The van der Waals surface area contributed by atoms with Crippen LogP contribution < -0.4 is 4.31 Å². The monoisotopic (exact) mass is 567 g/mol. The lowest BCUT2D eigenvalue weighted by atomic mass is 9.87. The van der Waals surface area contributed by atoms with Crippen LogP contribution in [0.1, 0.15) is 36.1 Å². The zero-order chi connectivity index (χ0) is 28.0. The number of fused-ring (bicyclic) bond motifs is 1. The molecule has 0 spiro atoms. The summed E-state index contributed by atoms with van der Waals surface area (Å²) in [5, 5.41) is 9.95. The molecule has 1 aliphatic rings. The van der Waals surface area contributed by atoms with Crippen LogP contribution in [0.25, 0.3) is 11.6 Å². The van der Waals surface area contributed by atoms with Gasteiger partial charge in [0.05, 0.1) is 33.1 Å². The molecular formula is C27H22ClF4NO4S. The second-order valence-corrected chi connectivity index (χ2v) is 11.3. The normalized spacial score (nSPS) is 18.3. The number of allylic oxidation sites excluding steroid dienone is 1. The van der Waals surface area contributed by atoms with E-state index < -0.39 is 50.4 Å². The number of sulfonamides is 1. The first-order valence-corrected chi connectivity index (χ1v) is 13.2. The number of anilines is 1. The van der Waals surface area contributed by atoms with Gasteiger partial charge in [-0.05, 0) is 73.4 Å². The molecule has 0 aromatic heterocycles. The molecule has 2 unspecified atom stereocenters. The third-order valence-corrected chi connectivity index (χ3v) is 8.73. The molecule has 0 radical (unpaired) electrons. The van der Waals surface area contributed by atoms with Crippen molar-refractivity contribution in [1.82, 2.24) is 0 Å². The Balaban J connectivity index is 1.87. The maximum Gasteiger partial charge on any atom is 0.416 e. The van der Waals surface area contributed by atoms with E-state index in [0.29, 0.717) is 22.8 Å². The highest BCUT2D eigenvalue weighted by atomic mass is 35.5. The predicted octanol–water partition coefficient (Wildman–Crippen LogP) is 6.90. The standard InChI is InChI=1S/C27H22ClF4NO4S/c1-15(25-22(28)7-4-8-23(25)29)11-17-9-10-18-13-21(26(34)35)16(2)33(24(18)12-17)38(36,37)20-6-3-5-19(14-20)27(30,31)32/h3-12,14,16,21H,13H2,1-2H3,(H,34,35)/b15-11+. The fourth-order valence-electron chi connectivity index (χ4n) is 4.62. The van der Waals surface area contributed by atoms with E-state index in [1.807, 2.05) is 0 Å². The first kappa shape index (κ1) is 27.7. The van der Waals surface area contributed by atoms with Gasteiger partial charge in [0.25, 0.3) is 10.0 Å². The molecule has 0 bridgehead atoms. The Morgan fingerprint density at radius 2 is 1.79 bits per heavy atom. The van der Waals surface area contributed by atoms with E-state index in [1.54, 1.807) is 25.1 Å². The molecule has 0 aliphatic carbocycles. The SMILES string of the molecule is C/C(=C\c1ccc2c(c1)N(S(=O)(=O)c1cccc(C(F)(F)F)c1)C(C)C(C(=O)O)C2)c1c(F)cccc1Cl. The summed E-state index contributed by atoms with van der Waals surface area (Å²) in [7, 11) is -4.62. The number of aliphatic carboxylic acids is 1. The van der Waals surface area contributed by atoms with E-state index in [0.717, 1.165) is 22.5 Å². The van der Waals surface area contributed by atoms with Crippen LogP contribution in [0, 0.1) is 11.7 Å². The minimum absolute atomic E-state index is 0.0164. The molecule has 200 valence electrons.